The molecular weight excluding hydrogens is 315 g/mol. The Balaban J connectivity index is 1.85. The Labute approximate surface area is 132 Å². The van der Waals surface area contributed by atoms with Crippen molar-refractivity contribution in [2.24, 2.45) is 17.1 Å². The van der Waals surface area contributed by atoms with E-state index in [9.17, 15) is 4.79 Å². The number of anilines is 1. The number of ether oxygens (including phenoxy) is 1. The molecule has 114 valence electrons. The summed E-state index contributed by atoms with van der Waals surface area (Å²) >= 11 is 11.5. The zero-order valence-electron chi connectivity index (χ0n) is 11.7. The van der Waals surface area contributed by atoms with Gasteiger partial charge in [0.15, 0.2) is 0 Å². The number of nitrogens with one attached hydrogen (secondary N) is 1. The number of hydrogen-bond donors (Lipinski definition) is 2. The molecule has 21 heavy (non-hydrogen) atoms. The second-order valence-corrected chi connectivity index (χ2v) is 6.80. The van der Waals surface area contributed by atoms with E-state index in [1.807, 2.05) is 13.8 Å². The lowest BCUT2D eigenvalue weighted by molar-refractivity contribution is -0.170. The maximum atomic E-state index is 12.7. The lowest BCUT2D eigenvalue weighted by atomic mass is 9.48. The molecule has 8 heteroatoms. The second kappa shape index (κ2) is 4.78. The van der Waals surface area contributed by atoms with E-state index in [-0.39, 0.29) is 34.2 Å². The van der Waals surface area contributed by atoms with Gasteiger partial charge in [0.05, 0.1) is 6.10 Å². The molecule has 0 bridgehead atoms. The van der Waals surface area contributed by atoms with Crippen LogP contribution in [0.25, 0.3) is 0 Å². The summed E-state index contributed by atoms with van der Waals surface area (Å²) in [6, 6.07) is 1.43. The van der Waals surface area contributed by atoms with Gasteiger partial charge in [-0.25, -0.2) is 9.97 Å². The quantitative estimate of drug-likeness (QED) is 0.638. The lowest BCUT2D eigenvalue weighted by Gasteiger charge is -2.60. The van der Waals surface area contributed by atoms with Gasteiger partial charge >= 0.3 is 0 Å². The molecule has 3 atom stereocenters. The zero-order valence-corrected chi connectivity index (χ0v) is 13.2. The first-order chi connectivity index (χ1) is 9.76. The van der Waals surface area contributed by atoms with Crippen LogP contribution >= 0.6 is 23.2 Å². The topological polar surface area (TPSA) is 90.1 Å². The fraction of sp³-hybridized carbons (Fsp3) is 0.615. The van der Waals surface area contributed by atoms with Crippen LogP contribution in [0, 0.1) is 11.3 Å². The molecule has 0 aromatic carbocycles. The van der Waals surface area contributed by atoms with E-state index in [1.165, 1.54) is 6.07 Å². The van der Waals surface area contributed by atoms with Gasteiger partial charge in [-0.05, 0) is 18.0 Å². The molecule has 3 rings (SSSR count). The third-order valence-corrected chi connectivity index (χ3v) is 5.10. The molecule has 3 unspecified atom stereocenters. The summed E-state index contributed by atoms with van der Waals surface area (Å²) in [4.78, 5) is 20.3. The summed E-state index contributed by atoms with van der Waals surface area (Å²) in [6.45, 7) is 4.52. The molecule has 1 aromatic heterocycles. The summed E-state index contributed by atoms with van der Waals surface area (Å²) < 4.78 is 5.67. The number of carbonyl (C=O) groups is 1. The van der Waals surface area contributed by atoms with Crippen LogP contribution in [-0.4, -0.2) is 34.1 Å². The zero-order chi connectivity index (χ0) is 15.4. The summed E-state index contributed by atoms with van der Waals surface area (Å²) in [5, 5.41) is 2.82. The van der Waals surface area contributed by atoms with Crippen molar-refractivity contribution in [3.05, 3.63) is 16.5 Å². The Kier molecular flexibility index (Phi) is 3.40. The summed E-state index contributed by atoms with van der Waals surface area (Å²) in [5.74, 6) is -0.0432. The minimum absolute atomic E-state index is 0.0141. The van der Waals surface area contributed by atoms with Gasteiger partial charge in [0, 0.05) is 24.0 Å². The molecule has 2 aliphatic rings. The van der Waals surface area contributed by atoms with Crippen LogP contribution in [-0.2, 0) is 9.53 Å². The van der Waals surface area contributed by atoms with Crippen molar-refractivity contribution in [1.82, 2.24) is 9.97 Å². The number of nitrogens with two attached hydrogens (primary N) is 1. The summed E-state index contributed by atoms with van der Waals surface area (Å²) in [7, 11) is 0. The predicted octanol–water partition coefficient (Wildman–Crippen LogP) is 1.86. The van der Waals surface area contributed by atoms with Gasteiger partial charge in [-0.1, -0.05) is 25.4 Å². The molecular formula is C13H16Cl2N4O2. The standard InChI is InChI=1S/C13H16Cl2N4O2/c1-12(2)9-6(3-4-21-9)13(12,16)10(20)18-8-5-7(14)17-11(15)19-8/h5-6,9H,3-4,16H2,1-2H3,(H,17,18,19,20). The smallest absolute Gasteiger partial charge is 0.246 e. The SMILES string of the molecule is CC1(C)C2OCCC2C1(N)C(=O)Nc1cc(Cl)nc(Cl)n1. The van der Waals surface area contributed by atoms with E-state index in [2.05, 4.69) is 15.3 Å². The van der Waals surface area contributed by atoms with Gasteiger partial charge in [-0.3, -0.25) is 4.79 Å². The molecule has 0 spiro atoms. The van der Waals surface area contributed by atoms with Crippen molar-refractivity contribution < 1.29 is 9.53 Å². The summed E-state index contributed by atoms with van der Waals surface area (Å²) in [5.41, 5.74) is 4.98. The van der Waals surface area contributed by atoms with Gasteiger partial charge in [0.1, 0.15) is 16.5 Å². The largest absolute Gasteiger partial charge is 0.377 e. The highest BCUT2D eigenvalue weighted by Gasteiger charge is 2.71. The molecule has 1 aliphatic carbocycles. The average Bonchev–Trinajstić information content (AvgIpc) is 2.84. The first-order valence-corrected chi connectivity index (χ1v) is 7.44. The van der Waals surface area contributed by atoms with Gasteiger partial charge in [-0.2, -0.15) is 0 Å². The van der Waals surface area contributed by atoms with Crippen molar-refractivity contribution in [1.29, 1.82) is 0 Å². The molecule has 3 N–H and O–H groups in total. The van der Waals surface area contributed by atoms with Crippen LogP contribution in [0.1, 0.15) is 20.3 Å². The molecule has 1 aromatic rings. The van der Waals surface area contributed by atoms with Crippen molar-refractivity contribution in [2.45, 2.75) is 31.9 Å². The first kappa shape index (κ1) is 15.0. The van der Waals surface area contributed by atoms with Gasteiger partial charge < -0.3 is 15.8 Å². The van der Waals surface area contributed by atoms with Gasteiger partial charge in [0.25, 0.3) is 0 Å². The molecule has 1 aliphatic heterocycles. The monoisotopic (exact) mass is 330 g/mol. The molecule has 1 saturated heterocycles. The van der Waals surface area contributed by atoms with E-state index in [1.54, 1.807) is 0 Å². The minimum Gasteiger partial charge on any atom is -0.377 e. The van der Waals surface area contributed by atoms with Crippen LogP contribution in [0.4, 0.5) is 5.82 Å². The number of hydrogen-bond acceptors (Lipinski definition) is 5. The number of rotatable bonds is 2. The second-order valence-electron chi connectivity index (χ2n) is 6.08. The normalized spacial score (nSPS) is 33.2. The van der Waals surface area contributed by atoms with Crippen LogP contribution in [0.3, 0.4) is 0 Å². The van der Waals surface area contributed by atoms with E-state index in [0.29, 0.717) is 6.61 Å². The third kappa shape index (κ3) is 2.04. The number of amides is 1. The van der Waals surface area contributed by atoms with Crippen molar-refractivity contribution in [3.8, 4) is 0 Å². The average molecular weight is 331 g/mol. The molecule has 2 fully saturated rings. The first-order valence-electron chi connectivity index (χ1n) is 6.69. The van der Waals surface area contributed by atoms with Crippen molar-refractivity contribution in [3.63, 3.8) is 0 Å². The Morgan fingerprint density at radius 1 is 1.48 bits per heavy atom. The van der Waals surface area contributed by atoms with Crippen molar-refractivity contribution in [2.75, 3.05) is 11.9 Å². The van der Waals surface area contributed by atoms with E-state index in [0.717, 1.165) is 6.42 Å². The van der Waals surface area contributed by atoms with E-state index in [4.69, 9.17) is 33.7 Å². The highest BCUT2D eigenvalue weighted by molar-refractivity contribution is 6.32. The summed E-state index contributed by atoms with van der Waals surface area (Å²) in [6.07, 6.45) is 0.800. The van der Waals surface area contributed by atoms with Gasteiger partial charge in [-0.15, -0.1) is 0 Å². The Bertz CT molecular complexity index is 590. The molecule has 0 radical (unpaired) electrons. The molecule has 1 saturated carbocycles. The maximum Gasteiger partial charge on any atom is 0.246 e. The van der Waals surface area contributed by atoms with Crippen molar-refractivity contribution >= 4 is 34.9 Å². The number of carbonyl (C=O) groups excluding carboxylic acids is 1. The van der Waals surface area contributed by atoms with Crippen LogP contribution in [0.15, 0.2) is 6.07 Å². The molecule has 6 nitrogen and oxygen atoms in total. The van der Waals surface area contributed by atoms with Gasteiger partial charge in [0.2, 0.25) is 11.2 Å². The fourth-order valence-electron chi connectivity index (χ4n) is 3.52. The predicted molar refractivity (Wildman–Crippen MR) is 79.2 cm³/mol. The van der Waals surface area contributed by atoms with Crippen LogP contribution < -0.4 is 11.1 Å². The van der Waals surface area contributed by atoms with E-state index < -0.39 is 11.0 Å². The fourth-order valence-corrected chi connectivity index (χ4v) is 3.93. The van der Waals surface area contributed by atoms with E-state index >= 15 is 0 Å². The Morgan fingerprint density at radius 2 is 2.19 bits per heavy atom. The van der Waals surface area contributed by atoms with Crippen LogP contribution in [0.2, 0.25) is 10.4 Å². The lowest BCUT2D eigenvalue weighted by Crippen LogP contribution is -2.79. The van der Waals surface area contributed by atoms with Crippen LogP contribution in [0.5, 0.6) is 0 Å². The minimum atomic E-state index is -1.00. The highest BCUT2D eigenvalue weighted by Crippen LogP contribution is 2.58. The molecule has 2 heterocycles. The number of fused-ring (bicyclic) bond motifs is 1. The number of halogens is 2. The number of nitrogens with zero attached hydrogens (tertiary/aromatic N) is 2. The highest BCUT2D eigenvalue weighted by atomic mass is 35.5. The third-order valence-electron chi connectivity index (χ3n) is 4.74. The number of aromatic nitrogens is 2. The maximum absolute atomic E-state index is 12.7. The molecule has 1 amide bonds. The Morgan fingerprint density at radius 3 is 2.86 bits per heavy atom. The Hall–Kier alpha value is -0.950.